The predicted molar refractivity (Wildman–Crippen MR) is 95.9 cm³/mol. The maximum atomic E-state index is 12.7. The maximum Gasteiger partial charge on any atom is 0.433 e. The molecule has 1 saturated heterocycles. The molecule has 1 aliphatic heterocycles. The smallest absolute Gasteiger partial charge is 0.433 e. The lowest BCUT2D eigenvalue weighted by Gasteiger charge is -2.26. The molecule has 1 aromatic carbocycles. The highest BCUT2D eigenvalue weighted by atomic mass is 19.4. The van der Waals surface area contributed by atoms with Gasteiger partial charge in [0.2, 0.25) is 11.8 Å². The Kier molecular flexibility index (Phi) is 6.15. The summed E-state index contributed by atoms with van der Waals surface area (Å²) in [6, 6.07) is 9.00. The van der Waals surface area contributed by atoms with Gasteiger partial charge in [-0.15, -0.1) is 0 Å². The highest BCUT2D eigenvalue weighted by molar-refractivity contribution is 5.94. The minimum atomic E-state index is -4.54. The number of hydrogen-bond donors (Lipinski definition) is 2. The topological polar surface area (TPSA) is 86.5 Å². The van der Waals surface area contributed by atoms with E-state index in [1.54, 1.807) is 12.1 Å². The van der Waals surface area contributed by atoms with Crippen molar-refractivity contribution in [3.8, 4) is 11.6 Å². The first-order chi connectivity index (χ1) is 13.3. The molecule has 1 unspecified atom stereocenters. The minimum Gasteiger partial charge on any atom is -0.439 e. The number of anilines is 1. The maximum absolute atomic E-state index is 12.7. The highest BCUT2D eigenvalue weighted by Crippen LogP contribution is 2.30. The van der Waals surface area contributed by atoms with E-state index in [2.05, 4.69) is 10.3 Å². The molecule has 0 spiro atoms. The molecule has 0 bridgehead atoms. The van der Waals surface area contributed by atoms with Gasteiger partial charge < -0.3 is 20.5 Å². The van der Waals surface area contributed by atoms with Gasteiger partial charge in [0.05, 0.1) is 6.04 Å². The number of rotatable bonds is 5. The Morgan fingerprint density at radius 1 is 1.18 bits per heavy atom. The number of ether oxygens (including phenoxy) is 2. The first-order valence-corrected chi connectivity index (χ1v) is 8.79. The van der Waals surface area contributed by atoms with Crippen LogP contribution in [0.1, 0.15) is 18.5 Å². The molecule has 1 atom stereocenters. The van der Waals surface area contributed by atoms with Crippen LogP contribution < -0.4 is 15.8 Å². The molecule has 3 N–H and O–H groups in total. The Labute approximate surface area is 159 Å². The van der Waals surface area contributed by atoms with Crippen molar-refractivity contribution in [3.05, 3.63) is 48.2 Å². The lowest BCUT2D eigenvalue weighted by molar-refractivity contribution is -0.141. The number of hydrogen-bond acceptors (Lipinski definition) is 5. The molecule has 2 heterocycles. The fraction of sp³-hybridized carbons (Fsp3) is 0.368. The summed E-state index contributed by atoms with van der Waals surface area (Å²) in [7, 11) is 0. The normalized spacial score (nSPS) is 16.4. The lowest BCUT2D eigenvalue weighted by Crippen LogP contribution is -2.43. The van der Waals surface area contributed by atoms with Crippen LogP contribution in [0.3, 0.4) is 0 Å². The molecule has 1 amide bonds. The summed E-state index contributed by atoms with van der Waals surface area (Å²) < 4.78 is 48.7. The standard InChI is InChI=1S/C19H20F3N3O3/c20-19(21,22)15-2-1-3-16(25-15)28-14-6-4-13(5-7-14)24-18(26)17(23)12-8-10-27-11-9-12/h1-7,12,17H,8-11,23H2,(H,24,26). The molecule has 2 aromatic rings. The zero-order valence-corrected chi connectivity index (χ0v) is 14.9. The third-order valence-electron chi connectivity index (χ3n) is 4.43. The first-order valence-electron chi connectivity index (χ1n) is 8.79. The molecule has 150 valence electrons. The fourth-order valence-electron chi connectivity index (χ4n) is 2.87. The van der Waals surface area contributed by atoms with Crippen LogP contribution in [0.15, 0.2) is 42.5 Å². The average molecular weight is 395 g/mol. The van der Waals surface area contributed by atoms with E-state index in [0.717, 1.165) is 18.9 Å². The van der Waals surface area contributed by atoms with Gasteiger partial charge in [0.1, 0.15) is 11.4 Å². The van der Waals surface area contributed by atoms with E-state index in [4.69, 9.17) is 15.2 Å². The van der Waals surface area contributed by atoms with Gasteiger partial charge in [-0.25, -0.2) is 4.98 Å². The number of nitrogens with two attached hydrogens (primary N) is 1. The molecule has 28 heavy (non-hydrogen) atoms. The van der Waals surface area contributed by atoms with E-state index >= 15 is 0 Å². The number of alkyl halides is 3. The van der Waals surface area contributed by atoms with Crippen molar-refractivity contribution in [1.29, 1.82) is 0 Å². The number of halogens is 3. The van der Waals surface area contributed by atoms with Crippen LogP contribution in [0.4, 0.5) is 18.9 Å². The van der Waals surface area contributed by atoms with Crippen LogP contribution in [-0.2, 0) is 15.7 Å². The van der Waals surface area contributed by atoms with Crippen LogP contribution in [0.25, 0.3) is 0 Å². The number of amides is 1. The van der Waals surface area contributed by atoms with Crippen molar-refractivity contribution in [2.24, 2.45) is 11.7 Å². The quantitative estimate of drug-likeness (QED) is 0.808. The van der Waals surface area contributed by atoms with Gasteiger partial charge in [0.15, 0.2) is 0 Å². The molecular weight excluding hydrogens is 375 g/mol. The summed E-state index contributed by atoms with van der Waals surface area (Å²) in [4.78, 5) is 15.7. The van der Waals surface area contributed by atoms with Crippen molar-refractivity contribution in [2.75, 3.05) is 18.5 Å². The first kappa shape index (κ1) is 20.1. The summed E-state index contributed by atoms with van der Waals surface area (Å²) in [5.74, 6) is -0.102. The number of pyridine rings is 1. The molecule has 0 radical (unpaired) electrons. The second kappa shape index (κ2) is 8.57. The van der Waals surface area contributed by atoms with E-state index in [0.29, 0.717) is 24.7 Å². The largest absolute Gasteiger partial charge is 0.439 e. The molecule has 1 aromatic heterocycles. The van der Waals surface area contributed by atoms with E-state index < -0.39 is 17.9 Å². The monoisotopic (exact) mass is 395 g/mol. The summed E-state index contributed by atoms with van der Waals surface area (Å²) in [6.07, 6.45) is -3.06. The highest BCUT2D eigenvalue weighted by Gasteiger charge is 2.32. The molecule has 3 rings (SSSR count). The fourth-order valence-corrected chi connectivity index (χ4v) is 2.87. The van der Waals surface area contributed by atoms with Gasteiger partial charge in [-0.1, -0.05) is 6.07 Å². The van der Waals surface area contributed by atoms with Crippen molar-refractivity contribution < 1.29 is 27.4 Å². The summed E-state index contributed by atoms with van der Waals surface area (Å²) in [5, 5.41) is 2.73. The number of nitrogens with zero attached hydrogens (tertiary/aromatic N) is 1. The number of benzene rings is 1. The Morgan fingerprint density at radius 3 is 2.50 bits per heavy atom. The average Bonchev–Trinajstić information content (AvgIpc) is 2.69. The van der Waals surface area contributed by atoms with E-state index in [-0.39, 0.29) is 17.7 Å². The Bertz CT molecular complexity index is 806. The van der Waals surface area contributed by atoms with Crippen LogP contribution in [0.5, 0.6) is 11.6 Å². The lowest BCUT2D eigenvalue weighted by atomic mass is 9.92. The van der Waals surface area contributed by atoms with E-state index in [1.165, 1.54) is 24.3 Å². The van der Waals surface area contributed by atoms with Gasteiger partial charge in [-0.05, 0) is 49.1 Å². The summed E-state index contributed by atoms with van der Waals surface area (Å²) in [6.45, 7) is 1.20. The second-order valence-electron chi connectivity index (χ2n) is 6.45. The SMILES string of the molecule is NC(C(=O)Nc1ccc(Oc2cccc(C(F)(F)F)n2)cc1)C1CCOCC1. The molecule has 0 aliphatic carbocycles. The van der Waals surface area contributed by atoms with Crippen LogP contribution in [0.2, 0.25) is 0 Å². The third kappa shape index (κ3) is 5.20. The number of carbonyl (C=O) groups excluding carboxylic acids is 1. The number of aromatic nitrogens is 1. The van der Waals surface area contributed by atoms with Gasteiger partial charge in [0, 0.05) is 25.0 Å². The Hall–Kier alpha value is -2.65. The van der Waals surface area contributed by atoms with Crippen LogP contribution >= 0.6 is 0 Å². The van der Waals surface area contributed by atoms with Gasteiger partial charge in [-0.2, -0.15) is 13.2 Å². The van der Waals surface area contributed by atoms with Crippen molar-refractivity contribution in [2.45, 2.75) is 25.1 Å². The Morgan fingerprint density at radius 2 is 1.86 bits per heavy atom. The molecule has 0 saturated carbocycles. The molecule has 6 nitrogen and oxygen atoms in total. The van der Waals surface area contributed by atoms with Crippen molar-refractivity contribution in [3.63, 3.8) is 0 Å². The molecule has 1 aliphatic rings. The number of nitrogens with one attached hydrogen (secondary N) is 1. The summed E-state index contributed by atoms with van der Waals surface area (Å²) >= 11 is 0. The second-order valence-corrected chi connectivity index (χ2v) is 6.45. The van der Waals surface area contributed by atoms with Gasteiger partial charge in [0.25, 0.3) is 0 Å². The molecule has 1 fully saturated rings. The third-order valence-corrected chi connectivity index (χ3v) is 4.43. The van der Waals surface area contributed by atoms with Gasteiger partial charge >= 0.3 is 6.18 Å². The summed E-state index contributed by atoms with van der Waals surface area (Å²) in [5.41, 5.74) is 5.51. The van der Waals surface area contributed by atoms with Crippen LogP contribution in [0, 0.1) is 5.92 Å². The predicted octanol–water partition coefficient (Wildman–Crippen LogP) is 3.59. The van der Waals surface area contributed by atoms with Crippen molar-refractivity contribution >= 4 is 11.6 Å². The zero-order valence-electron chi connectivity index (χ0n) is 14.9. The molecular formula is C19H20F3N3O3. The van der Waals surface area contributed by atoms with Crippen molar-refractivity contribution in [1.82, 2.24) is 4.98 Å². The van der Waals surface area contributed by atoms with Gasteiger partial charge in [-0.3, -0.25) is 4.79 Å². The van der Waals surface area contributed by atoms with E-state index in [1.807, 2.05) is 0 Å². The minimum absolute atomic E-state index is 0.0725. The molecule has 9 heteroatoms. The Balaban J connectivity index is 1.60. The van der Waals surface area contributed by atoms with Crippen LogP contribution in [-0.4, -0.2) is 30.1 Å². The zero-order chi connectivity index (χ0) is 20.1. The van der Waals surface area contributed by atoms with E-state index in [9.17, 15) is 18.0 Å². The number of carbonyl (C=O) groups is 1.